The molecular formula is C20H23F3O6S2. The summed E-state index contributed by atoms with van der Waals surface area (Å²) < 4.78 is 69.4. The monoisotopic (exact) mass is 480 g/mol. The molecule has 172 valence electrons. The van der Waals surface area contributed by atoms with Crippen LogP contribution in [0.3, 0.4) is 0 Å². The number of rotatable bonds is 5. The smallest absolute Gasteiger partial charge is 0.513 e. The van der Waals surface area contributed by atoms with E-state index in [4.69, 9.17) is 22.4 Å². The van der Waals surface area contributed by atoms with Crippen LogP contribution in [-0.2, 0) is 25.7 Å². The number of carbonyl (C=O) groups is 1. The Bertz CT molecular complexity index is 986. The van der Waals surface area contributed by atoms with Crippen LogP contribution in [-0.4, -0.2) is 42.7 Å². The molecule has 1 heterocycles. The van der Waals surface area contributed by atoms with Crippen molar-refractivity contribution >= 4 is 37.9 Å². The van der Waals surface area contributed by atoms with Crippen LogP contribution >= 0.6 is 0 Å². The highest BCUT2D eigenvalue weighted by molar-refractivity contribution is 7.97. The van der Waals surface area contributed by atoms with Gasteiger partial charge in [-0.05, 0) is 37.5 Å². The predicted molar refractivity (Wildman–Crippen MR) is 111 cm³/mol. The van der Waals surface area contributed by atoms with Crippen molar-refractivity contribution in [1.82, 2.24) is 0 Å². The van der Waals surface area contributed by atoms with Gasteiger partial charge in [0.25, 0.3) is 0 Å². The van der Waals surface area contributed by atoms with E-state index in [1.807, 2.05) is 18.2 Å². The van der Waals surface area contributed by atoms with E-state index in [0.29, 0.717) is 23.3 Å². The second-order valence-electron chi connectivity index (χ2n) is 6.67. The van der Waals surface area contributed by atoms with Gasteiger partial charge in [-0.1, -0.05) is 31.5 Å². The zero-order valence-electron chi connectivity index (χ0n) is 16.8. The van der Waals surface area contributed by atoms with Crippen LogP contribution in [0.15, 0.2) is 41.3 Å². The Balaban J connectivity index is 0.000000366. The molecule has 1 aliphatic heterocycles. The molecule has 1 fully saturated rings. The zero-order valence-corrected chi connectivity index (χ0v) is 18.4. The molecule has 0 aliphatic carbocycles. The SMILES string of the molecule is CCCCOC(=O)Oc1ccc([S+]2CCCC2)c2ccccc12.O=S(=O)([O-])C(F)(F)F. The lowest BCUT2D eigenvalue weighted by atomic mass is 10.1. The van der Waals surface area contributed by atoms with Crippen LogP contribution in [0.25, 0.3) is 10.8 Å². The number of hydrogen-bond donors (Lipinski definition) is 0. The molecule has 0 radical (unpaired) electrons. The van der Waals surface area contributed by atoms with E-state index in [0.717, 1.165) is 18.2 Å². The van der Waals surface area contributed by atoms with Crippen molar-refractivity contribution in [2.45, 2.75) is 43.0 Å². The molecule has 0 aromatic heterocycles. The summed E-state index contributed by atoms with van der Waals surface area (Å²) in [7, 11) is -5.75. The fraction of sp³-hybridized carbons (Fsp3) is 0.450. The van der Waals surface area contributed by atoms with E-state index >= 15 is 0 Å². The number of carbonyl (C=O) groups excluding carboxylic acids is 1. The van der Waals surface area contributed by atoms with Crippen LogP contribution in [0.2, 0.25) is 0 Å². The molecule has 0 spiro atoms. The number of alkyl halides is 3. The van der Waals surface area contributed by atoms with Gasteiger partial charge in [0.05, 0.1) is 6.61 Å². The minimum atomic E-state index is -6.09. The van der Waals surface area contributed by atoms with Crippen LogP contribution in [0.1, 0.15) is 32.6 Å². The summed E-state index contributed by atoms with van der Waals surface area (Å²) in [6, 6.07) is 12.2. The van der Waals surface area contributed by atoms with Gasteiger partial charge in [0.2, 0.25) is 0 Å². The molecule has 1 saturated heterocycles. The number of fused-ring (bicyclic) bond motifs is 1. The number of ether oxygens (including phenoxy) is 2. The fourth-order valence-electron chi connectivity index (χ4n) is 2.88. The van der Waals surface area contributed by atoms with Gasteiger partial charge in [0.15, 0.2) is 15.0 Å². The van der Waals surface area contributed by atoms with E-state index in [-0.39, 0.29) is 0 Å². The Morgan fingerprint density at radius 1 is 1.10 bits per heavy atom. The maximum Gasteiger partial charge on any atom is 0.513 e. The third kappa shape index (κ3) is 7.29. The van der Waals surface area contributed by atoms with Gasteiger partial charge in [0.1, 0.15) is 17.3 Å². The molecule has 0 amide bonds. The molecule has 2 aromatic rings. The average molecular weight is 481 g/mol. The Hall–Kier alpha value is -1.98. The molecule has 2 aromatic carbocycles. The van der Waals surface area contributed by atoms with Crippen LogP contribution < -0.4 is 4.74 Å². The maximum atomic E-state index is 11.8. The van der Waals surface area contributed by atoms with Crippen molar-refractivity contribution in [1.29, 1.82) is 0 Å². The Kier molecular flexibility index (Phi) is 9.01. The first-order valence-corrected chi connectivity index (χ1v) is 12.6. The van der Waals surface area contributed by atoms with Gasteiger partial charge >= 0.3 is 11.7 Å². The molecule has 31 heavy (non-hydrogen) atoms. The van der Waals surface area contributed by atoms with Gasteiger partial charge in [-0.25, -0.2) is 13.2 Å². The van der Waals surface area contributed by atoms with Gasteiger partial charge in [-0.2, -0.15) is 13.2 Å². The number of halogens is 3. The van der Waals surface area contributed by atoms with Gasteiger partial charge in [0, 0.05) is 21.7 Å². The molecule has 0 unspecified atom stereocenters. The molecule has 0 atom stereocenters. The summed E-state index contributed by atoms with van der Waals surface area (Å²) in [6.07, 6.45) is 3.88. The minimum Gasteiger partial charge on any atom is -0.741 e. The van der Waals surface area contributed by atoms with Crippen molar-refractivity contribution < 1.29 is 40.4 Å². The van der Waals surface area contributed by atoms with Crippen LogP contribution in [0, 0.1) is 0 Å². The lowest BCUT2D eigenvalue weighted by Gasteiger charge is -2.10. The summed E-state index contributed by atoms with van der Waals surface area (Å²) in [5.41, 5.74) is -5.65. The second kappa shape index (κ2) is 11.1. The highest BCUT2D eigenvalue weighted by Gasteiger charge is 2.37. The first kappa shape index (κ1) is 25.3. The Morgan fingerprint density at radius 2 is 1.68 bits per heavy atom. The van der Waals surface area contributed by atoms with Crippen LogP contribution in [0.4, 0.5) is 18.0 Å². The first-order chi connectivity index (χ1) is 14.5. The third-order valence-corrected chi connectivity index (χ3v) is 7.49. The highest BCUT2D eigenvalue weighted by Crippen LogP contribution is 2.34. The summed E-state index contributed by atoms with van der Waals surface area (Å²) in [6.45, 7) is 2.47. The number of hydrogen-bond acceptors (Lipinski definition) is 6. The zero-order chi connectivity index (χ0) is 23.1. The largest absolute Gasteiger partial charge is 0.741 e. The van der Waals surface area contributed by atoms with E-state index in [2.05, 4.69) is 25.1 Å². The standard InChI is InChI=1S/C19H23O3S.CHF3O3S/c1-2-3-12-21-19(20)22-17-10-11-18(23-13-6-7-14-23)16-9-5-4-8-15(16)17;2-1(3,4)8(5,6)7/h4-5,8-11H,2-3,6-7,12-14H2,1H3;(H,5,6,7)/q+1;/p-1. The van der Waals surface area contributed by atoms with E-state index in [9.17, 15) is 18.0 Å². The number of unbranched alkanes of at least 4 members (excludes halogenated alkanes) is 1. The molecule has 1 aliphatic rings. The van der Waals surface area contributed by atoms with Crippen molar-refractivity contribution in [3.05, 3.63) is 36.4 Å². The van der Waals surface area contributed by atoms with Crippen molar-refractivity contribution in [2.24, 2.45) is 0 Å². The van der Waals surface area contributed by atoms with Crippen molar-refractivity contribution in [2.75, 3.05) is 18.1 Å². The molecule has 0 N–H and O–H groups in total. The van der Waals surface area contributed by atoms with E-state index in [1.54, 1.807) is 0 Å². The van der Waals surface area contributed by atoms with Gasteiger partial charge < -0.3 is 14.0 Å². The van der Waals surface area contributed by atoms with E-state index < -0.39 is 21.8 Å². The summed E-state index contributed by atoms with van der Waals surface area (Å²) >= 11 is 0. The lowest BCUT2D eigenvalue weighted by molar-refractivity contribution is -0.0517. The van der Waals surface area contributed by atoms with Gasteiger partial charge in [-0.3, -0.25) is 0 Å². The third-order valence-electron chi connectivity index (χ3n) is 4.38. The van der Waals surface area contributed by atoms with Crippen molar-refractivity contribution in [3.8, 4) is 5.75 Å². The first-order valence-electron chi connectivity index (χ1n) is 9.60. The molecule has 0 bridgehead atoms. The maximum absolute atomic E-state index is 11.8. The summed E-state index contributed by atoms with van der Waals surface area (Å²) in [5.74, 6) is 3.15. The van der Waals surface area contributed by atoms with Crippen molar-refractivity contribution in [3.63, 3.8) is 0 Å². The van der Waals surface area contributed by atoms with Crippen LogP contribution in [0.5, 0.6) is 5.75 Å². The Morgan fingerprint density at radius 3 is 2.23 bits per heavy atom. The lowest BCUT2D eigenvalue weighted by Crippen LogP contribution is -2.21. The fourth-order valence-corrected chi connectivity index (χ4v) is 5.38. The van der Waals surface area contributed by atoms with Gasteiger partial charge in [-0.15, -0.1) is 0 Å². The summed E-state index contributed by atoms with van der Waals surface area (Å²) in [4.78, 5) is 13.2. The van der Waals surface area contributed by atoms with E-state index in [1.165, 1.54) is 34.6 Å². The molecule has 11 heteroatoms. The molecular weight excluding hydrogens is 457 g/mol. The molecule has 0 saturated carbocycles. The average Bonchev–Trinajstić information content (AvgIpc) is 3.22. The number of benzene rings is 2. The molecule has 3 rings (SSSR count). The highest BCUT2D eigenvalue weighted by atomic mass is 32.2. The topological polar surface area (TPSA) is 92.7 Å². The Labute approximate surface area is 181 Å². The summed E-state index contributed by atoms with van der Waals surface area (Å²) in [5, 5.41) is 2.20. The molecule has 6 nitrogen and oxygen atoms in total. The normalized spacial score (nSPS) is 14.7. The minimum absolute atomic E-state index is 0.336. The second-order valence-corrected chi connectivity index (χ2v) is 10.3. The quantitative estimate of drug-likeness (QED) is 0.150. The predicted octanol–water partition coefficient (Wildman–Crippen LogP) is 4.98.